The lowest BCUT2D eigenvalue weighted by molar-refractivity contribution is 0.000265. The first-order valence-electron chi connectivity index (χ1n) is 38.1. The van der Waals surface area contributed by atoms with Gasteiger partial charge in [0.25, 0.3) is 0 Å². The molecule has 1 saturated carbocycles. The minimum absolute atomic E-state index is 0.520. The molecule has 0 bridgehead atoms. The van der Waals surface area contributed by atoms with E-state index in [1.165, 1.54) is 151 Å². The smallest absolute Gasteiger partial charge is 0.125 e. The Balaban J connectivity index is 0.000000207. The van der Waals surface area contributed by atoms with E-state index < -0.39 is 0 Å². The maximum Gasteiger partial charge on any atom is 0.125 e. The van der Waals surface area contributed by atoms with Crippen molar-refractivity contribution < 1.29 is 4.74 Å². The topological polar surface area (TPSA) is 86.6 Å². The number of benzene rings is 9. The van der Waals surface area contributed by atoms with Crippen LogP contribution in [0.25, 0.3) is 32.3 Å². The van der Waals surface area contributed by atoms with Gasteiger partial charge in [-0.3, -0.25) is 0 Å². The molecule has 3 aromatic heterocycles. The van der Waals surface area contributed by atoms with Gasteiger partial charge in [-0.2, -0.15) is 20.4 Å². The van der Waals surface area contributed by atoms with E-state index in [9.17, 15) is 0 Å². The molecule has 1 aliphatic heterocycles. The van der Waals surface area contributed by atoms with E-state index in [2.05, 4.69) is 317 Å². The first-order valence-corrected chi connectivity index (χ1v) is 38.1. The summed E-state index contributed by atoms with van der Waals surface area (Å²) in [5.41, 5.74) is 23.1. The number of aryl methyl sites for hydroxylation is 17. The standard InChI is InChI=1S/C12H12.C12H16.2C12H12.C8H16.2C8H10.C7H14O.3C6H8N2/c1-9-3-5-12-8-10(2)4-6-11(12)7-9;2*1-9-5-3-8-12-10(2)6-4-7-11(9)12;1-9-7-8-10(2)12-6-4-3-5-11(9)12;3*1-7-3-5-8(2)6-4-7;1-6-3-4-7(2)8-5-6;1-5-3-7-6(2)8-4-5;2*1-5-3-4-6(2)8-7-5/h3-8H,1-2H3;3,5,8,10H,4,6-7H2,1-2H3;2*3-8H,1-2H3;7-8H,3-6H2,1-2H3;2*3-6H,1-2H3;6-7H,3-5H2,1-2H3;3*3-4H,1-2H3. The van der Waals surface area contributed by atoms with Crippen molar-refractivity contribution in [3.63, 3.8) is 0 Å². The predicted octanol–water partition coefficient (Wildman–Crippen LogP) is 26.3. The van der Waals surface area contributed by atoms with Crippen molar-refractivity contribution in [3.8, 4) is 0 Å². The molecule has 1 saturated heterocycles. The van der Waals surface area contributed by atoms with Gasteiger partial charge >= 0.3 is 0 Å². The Labute approximate surface area is 629 Å². The van der Waals surface area contributed by atoms with E-state index in [1.54, 1.807) is 11.1 Å². The second-order valence-electron chi connectivity index (χ2n) is 29.7. The average Bonchev–Trinajstić information content (AvgIpc) is 0.836. The van der Waals surface area contributed by atoms with Gasteiger partial charge in [0.05, 0.1) is 28.9 Å². The third kappa shape index (κ3) is 32.7. The van der Waals surface area contributed by atoms with Gasteiger partial charge in [-0.05, 0) is 281 Å². The van der Waals surface area contributed by atoms with Crippen molar-refractivity contribution >= 4 is 32.3 Å². The molecule has 2 aliphatic carbocycles. The molecule has 2 fully saturated rings. The number of rotatable bonds is 0. The van der Waals surface area contributed by atoms with Crippen LogP contribution in [0.1, 0.15) is 198 Å². The molecule has 9 aromatic carbocycles. The third-order valence-corrected chi connectivity index (χ3v) is 19.2. The van der Waals surface area contributed by atoms with E-state index in [0.717, 1.165) is 64.4 Å². The number of aromatic nitrogens is 6. The number of fused-ring (bicyclic) bond motifs is 4. The zero-order chi connectivity index (χ0) is 76.1. The summed E-state index contributed by atoms with van der Waals surface area (Å²) in [5, 5.41) is 23.5. The zero-order valence-electron chi connectivity index (χ0n) is 67.8. The molecule has 7 nitrogen and oxygen atoms in total. The van der Waals surface area contributed by atoms with Gasteiger partial charge in [0, 0.05) is 19.0 Å². The van der Waals surface area contributed by atoms with Crippen molar-refractivity contribution in [2.45, 2.75) is 222 Å². The highest BCUT2D eigenvalue weighted by Gasteiger charge is 2.17. The van der Waals surface area contributed by atoms with Crippen LogP contribution in [0.2, 0.25) is 0 Å². The first kappa shape index (κ1) is 85.6. The van der Waals surface area contributed by atoms with E-state index in [0.29, 0.717) is 6.10 Å². The van der Waals surface area contributed by atoms with Crippen molar-refractivity contribution in [1.82, 2.24) is 30.4 Å². The predicted molar refractivity (Wildman–Crippen MR) is 450 cm³/mol. The first-order chi connectivity index (χ1) is 49.6. The van der Waals surface area contributed by atoms with Gasteiger partial charge in [-0.25, -0.2) is 9.97 Å². The highest BCUT2D eigenvalue weighted by atomic mass is 16.5. The Morgan fingerprint density at radius 1 is 0.298 bits per heavy atom. The second kappa shape index (κ2) is 45.9. The molecule has 3 unspecified atom stereocenters. The molecule has 550 valence electrons. The van der Waals surface area contributed by atoms with Gasteiger partial charge in [0.2, 0.25) is 0 Å². The molecule has 4 heterocycles. The van der Waals surface area contributed by atoms with Crippen LogP contribution in [0.5, 0.6) is 0 Å². The van der Waals surface area contributed by atoms with Crippen LogP contribution in [0.4, 0.5) is 0 Å². The summed E-state index contributed by atoms with van der Waals surface area (Å²) < 4.78 is 5.39. The summed E-state index contributed by atoms with van der Waals surface area (Å²) >= 11 is 0. The molecule has 104 heavy (non-hydrogen) atoms. The number of hydrogen-bond acceptors (Lipinski definition) is 7. The van der Waals surface area contributed by atoms with Crippen LogP contribution in [0.15, 0.2) is 213 Å². The SMILES string of the molecule is CC1CCC(C)CC1.CC1CCC(C)OC1.Cc1ccc(C)c2ccccc12.Cc1ccc(C)cc1.Cc1ccc(C)cc1.Cc1ccc(C)nn1.Cc1ccc(C)nn1.Cc1ccc2cc(C)ccc2c1.Cc1cccc2c(C)cccc12.Cc1cccc2c1CCCC2C.Cc1cnc(C)nc1. The van der Waals surface area contributed by atoms with Gasteiger partial charge in [0.1, 0.15) is 5.82 Å². The lowest BCUT2D eigenvalue weighted by Gasteiger charge is -2.23. The molecular weight excluding hydrogens is 1270 g/mol. The molecule has 3 aliphatic rings. The third-order valence-electron chi connectivity index (χ3n) is 19.2. The van der Waals surface area contributed by atoms with Gasteiger partial charge in [-0.1, -0.05) is 263 Å². The van der Waals surface area contributed by atoms with Gasteiger partial charge in [0.15, 0.2) is 0 Å². The van der Waals surface area contributed by atoms with Crippen molar-refractivity contribution in [3.05, 3.63) is 319 Å². The summed E-state index contributed by atoms with van der Waals surface area (Å²) in [5.74, 6) is 4.45. The van der Waals surface area contributed by atoms with Crippen LogP contribution in [0, 0.1) is 135 Å². The molecule has 3 atom stereocenters. The number of hydrogen-bond donors (Lipinski definition) is 0. The Kier molecular flexibility index (Phi) is 37.8. The molecule has 15 rings (SSSR count). The van der Waals surface area contributed by atoms with Crippen LogP contribution >= 0.6 is 0 Å². The average molecular weight is 1390 g/mol. The molecular formula is C97H126N6O. The Morgan fingerprint density at radius 3 is 0.971 bits per heavy atom. The minimum Gasteiger partial charge on any atom is -0.378 e. The Morgan fingerprint density at radius 2 is 0.635 bits per heavy atom. The fourth-order valence-electron chi connectivity index (χ4n) is 12.1. The van der Waals surface area contributed by atoms with Gasteiger partial charge in [-0.15, -0.1) is 0 Å². The zero-order valence-corrected chi connectivity index (χ0v) is 67.8. The number of ether oxygens (including phenoxy) is 1. The number of nitrogens with zero attached hydrogens (tertiary/aromatic N) is 6. The lowest BCUT2D eigenvalue weighted by atomic mass is 9.82. The summed E-state index contributed by atoms with van der Waals surface area (Å²) in [6.07, 6.45) is 16.7. The van der Waals surface area contributed by atoms with Crippen molar-refractivity contribution in [2.75, 3.05) is 6.61 Å². The summed E-state index contributed by atoms with van der Waals surface area (Å²) in [4.78, 5) is 7.94. The second-order valence-corrected chi connectivity index (χ2v) is 29.7. The quantitative estimate of drug-likeness (QED) is 0.149. The molecule has 0 N–H and O–H groups in total. The van der Waals surface area contributed by atoms with E-state index in [-0.39, 0.29) is 0 Å². The van der Waals surface area contributed by atoms with Crippen LogP contribution in [0.3, 0.4) is 0 Å². The van der Waals surface area contributed by atoms with E-state index in [1.807, 2.05) is 78.2 Å². The summed E-state index contributed by atoms with van der Waals surface area (Å²) in [6.45, 7) is 47.5. The maximum atomic E-state index is 5.39. The normalized spacial score (nSPS) is 15.8. The molecule has 0 spiro atoms. The Hall–Kier alpha value is -9.04. The Bertz CT molecular complexity index is 3820. The van der Waals surface area contributed by atoms with Crippen molar-refractivity contribution in [1.29, 1.82) is 0 Å². The lowest BCUT2D eigenvalue weighted by Crippen LogP contribution is -2.21. The molecule has 0 radical (unpaired) electrons. The largest absolute Gasteiger partial charge is 0.378 e. The summed E-state index contributed by atoms with van der Waals surface area (Å²) in [7, 11) is 0. The highest BCUT2D eigenvalue weighted by Crippen LogP contribution is 2.33. The minimum atomic E-state index is 0.520. The van der Waals surface area contributed by atoms with Crippen molar-refractivity contribution in [2.24, 2.45) is 17.8 Å². The molecule has 0 amide bonds. The monoisotopic (exact) mass is 1390 g/mol. The summed E-state index contributed by atoms with van der Waals surface area (Å²) in [6, 6.07) is 70.4. The molecule has 12 aromatic rings. The highest BCUT2D eigenvalue weighted by molar-refractivity contribution is 5.89. The van der Waals surface area contributed by atoms with Crippen LogP contribution in [-0.2, 0) is 11.2 Å². The van der Waals surface area contributed by atoms with Crippen LogP contribution < -0.4 is 0 Å². The maximum absolute atomic E-state index is 5.39. The van der Waals surface area contributed by atoms with E-state index >= 15 is 0 Å². The fraction of sp³-hybridized carbons (Fsp3) is 0.381. The molecule has 7 heteroatoms. The van der Waals surface area contributed by atoms with Gasteiger partial charge < -0.3 is 4.74 Å². The fourth-order valence-corrected chi connectivity index (χ4v) is 12.1. The van der Waals surface area contributed by atoms with E-state index in [4.69, 9.17) is 4.74 Å². The van der Waals surface area contributed by atoms with Crippen LogP contribution in [-0.4, -0.2) is 43.1 Å².